The molecule has 5 nitrogen and oxygen atoms in total. The van der Waals surface area contributed by atoms with Gasteiger partial charge in [-0.15, -0.1) is 11.3 Å². The summed E-state index contributed by atoms with van der Waals surface area (Å²) in [6, 6.07) is 12.0. The van der Waals surface area contributed by atoms with Crippen LogP contribution in [0.25, 0.3) is 11.3 Å². The van der Waals surface area contributed by atoms with Crippen LogP contribution in [0.1, 0.15) is 11.1 Å². The molecule has 1 aromatic heterocycles. The van der Waals surface area contributed by atoms with Gasteiger partial charge in [0.05, 0.1) is 10.6 Å². The molecule has 8 heteroatoms. The quantitative estimate of drug-likeness (QED) is 0.625. The van der Waals surface area contributed by atoms with E-state index in [9.17, 15) is 12.8 Å². The first-order valence-electron chi connectivity index (χ1n) is 9.39. The second-order valence-electron chi connectivity index (χ2n) is 7.13. The number of hydrogen-bond acceptors (Lipinski definition) is 5. The van der Waals surface area contributed by atoms with Gasteiger partial charge < -0.3 is 4.90 Å². The molecule has 1 saturated heterocycles. The number of nitrogens with zero attached hydrogens (tertiary/aromatic N) is 3. The van der Waals surface area contributed by atoms with Gasteiger partial charge in [-0.05, 0) is 37.1 Å². The van der Waals surface area contributed by atoms with Crippen molar-refractivity contribution in [1.82, 2.24) is 9.29 Å². The second-order valence-corrected chi connectivity index (χ2v) is 9.87. The highest BCUT2D eigenvalue weighted by Crippen LogP contribution is 2.30. The number of thiazole rings is 1. The highest BCUT2D eigenvalue weighted by Gasteiger charge is 2.30. The molecule has 0 bridgehead atoms. The molecule has 3 aromatic rings. The number of hydrogen-bond donors (Lipinski definition) is 0. The van der Waals surface area contributed by atoms with E-state index in [0.717, 1.165) is 22.5 Å². The largest absolute Gasteiger partial charge is 0.345 e. The van der Waals surface area contributed by atoms with Crippen molar-refractivity contribution in [3.63, 3.8) is 0 Å². The van der Waals surface area contributed by atoms with Gasteiger partial charge in [0, 0.05) is 37.1 Å². The van der Waals surface area contributed by atoms with E-state index in [1.54, 1.807) is 18.3 Å². The van der Waals surface area contributed by atoms with E-state index >= 15 is 0 Å². The Kier molecular flexibility index (Phi) is 5.42. The molecule has 1 fully saturated rings. The van der Waals surface area contributed by atoms with Crippen LogP contribution in [0.2, 0.25) is 0 Å². The molecule has 0 spiro atoms. The fourth-order valence-electron chi connectivity index (χ4n) is 3.50. The molecule has 0 radical (unpaired) electrons. The van der Waals surface area contributed by atoms with Crippen LogP contribution in [-0.2, 0) is 10.0 Å². The summed E-state index contributed by atoms with van der Waals surface area (Å²) in [4.78, 5) is 6.91. The van der Waals surface area contributed by atoms with E-state index in [4.69, 9.17) is 4.98 Å². The molecule has 0 unspecified atom stereocenters. The predicted molar refractivity (Wildman–Crippen MR) is 114 cm³/mol. The van der Waals surface area contributed by atoms with E-state index in [0.29, 0.717) is 31.7 Å². The summed E-state index contributed by atoms with van der Waals surface area (Å²) in [5, 5.41) is 2.93. The first kappa shape index (κ1) is 20.0. The zero-order chi connectivity index (χ0) is 20.6. The van der Waals surface area contributed by atoms with E-state index in [-0.39, 0.29) is 4.90 Å². The molecule has 0 aliphatic carbocycles. The Morgan fingerprint density at radius 1 is 1.00 bits per heavy atom. The molecule has 4 rings (SSSR count). The highest BCUT2D eigenvalue weighted by atomic mass is 32.2. The third-order valence-corrected chi connectivity index (χ3v) is 8.13. The molecule has 29 heavy (non-hydrogen) atoms. The Bertz CT molecular complexity index is 1140. The molecule has 2 aromatic carbocycles. The van der Waals surface area contributed by atoms with E-state index in [1.165, 1.54) is 22.0 Å². The van der Waals surface area contributed by atoms with Gasteiger partial charge in [-0.3, -0.25) is 0 Å². The fraction of sp³-hybridized carbons (Fsp3) is 0.286. The Balaban J connectivity index is 1.49. The smallest absolute Gasteiger partial charge is 0.243 e. The lowest BCUT2D eigenvalue weighted by molar-refractivity contribution is 0.384. The number of aryl methyl sites for hydroxylation is 2. The maximum Gasteiger partial charge on any atom is 0.243 e. The van der Waals surface area contributed by atoms with Crippen LogP contribution >= 0.6 is 11.3 Å². The summed E-state index contributed by atoms with van der Waals surface area (Å²) >= 11 is 1.57. The van der Waals surface area contributed by atoms with Crippen LogP contribution < -0.4 is 4.90 Å². The Morgan fingerprint density at radius 3 is 2.45 bits per heavy atom. The normalized spacial score (nSPS) is 15.6. The number of rotatable bonds is 4. The van der Waals surface area contributed by atoms with Crippen molar-refractivity contribution in [2.24, 2.45) is 0 Å². The van der Waals surface area contributed by atoms with Crippen molar-refractivity contribution in [1.29, 1.82) is 0 Å². The molecule has 0 amide bonds. The van der Waals surface area contributed by atoms with Gasteiger partial charge in [-0.2, -0.15) is 4.31 Å². The Hall–Kier alpha value is -2.29. The number of piperazine rings is 1. The van der Waals surface area contributed by atoms with Gasteiger partial charge in [0.25, 0.3) is 0 Å². The molecule has 2 heterocycles. The van der Waals surface area contributed by atoms with Crippen LogP contribution in [0.4, 0.5) is 9.52 Å². The van der Waals surface area contributed by atoms with Crippen LogP contribution in [0, 0.1) is 19.7 Å². The van der Waals surface area contributed by atoms with Crippen molar-refractivity contribution in [2.75, 3.05) is 31.1 Å². The molecule has 1 aliphatic rings. The van der Waals surface area contributed by atoms with Gasteiger partial charge in [0.15, 0.2) is 5.13 Å². The highest BCUT2D eigenvalue weighted by molar-refractivity contribution is 7.89. The lowest BCUT2D eigenvalue weighted by atomic mass is 10.1. The van der Waals surface area contributed by atoms with Gasteiger partial charge in [-0.25, -0.2) is 17.8 Å². The maximum atomic E-state index is 13.6. The number of sulfonamides is 1. The zero-order valence-electron chi connectivity index (χ0n) is 16.3. The average molecular weight is 432 g/mol. The average Bonchev–Trinajstić information content (AvgIpc) is 3.20. The van der Waals surface area contributed by atoms with Gasteiger partial charge in [0.1, 0.15) is 5.82 Å². The monoisotopic (exact) mass is 431 g/mol. The minimum absolute atomic E-state index is 0.0436. The topological polar surface area (TPSA) is 53.5 Å². The summed E-state index contributed by atoms with van der Waals surface area (Å²) in [5.74, 6) is -0.542. The molecular formula is C21H22FN3O2S2. The molecule has 1 aliphatic heterocycles. The van der Waals surface area contributed by atoms with E-state index < -0.39 is 15.8 Å². The van der Waals surface area contributed by atoms with Crippen molar-refractivity contribution in [3.8, 4) is 11.3 Å². The minimum atomic E-state index is -3.71. The molecule has 0 saturated carbocycles. The van der Waals surface area contributed by atoms with E-state index in [1.807, 2.05) is 17.5 Å². The third-order valence-electron chi connectivity index (χ3n) is 5.19. The standard InChI is InChI=1S/C21H22FN3O2S2/c1-15-5-3-4-6-18(15)19-14-28-21(23-19)24-9-11-25(12-10-24)29(26,27)20-13-17(22)8-7-16(20)2/h3-8,13-14H,9-12H2,1-2H3. The van der Waals surface area contributed by atoms with Crippen molar-refractivity contribution >= 4 is 26.5 Å². The minimum Gasteiger partial charge on any atom is -0.345 e. The Morgan fingerprint density at radius 2 is 1.72 bits per heavy atom. The van der Waals surface area contributed by atoms with Crippen LogP contribution in [0.5, 0.6) is 0 Å². The van der Waals surface area contributed by atoms with Crippen LogP contribution in [0.3, 0.4) is 0 Å². The molecule has 0 atom stereocenters. The molecular weight excluding hydrogens is 409 g/mol. The predicted octanol–water partition coefficient (Wildman–Crippen LogP) is 4.08. The first-order valence-corrected chi connectivity index (χ1v) is 11.7. The fourth-order valence-corrected chi connectivity index (χ4v) is 6.04. The van der Waals surface area contributed by atoms with Gasteiger partial charge in [-0.1, -0.05) is 30.3 Å². The van der Waals surface area contributed by atoms with Crippen molar-refractivity contribution in [3.05, 3.63) is 64.8 Å². The first-order chi connectivity index (χ1) is 13.9. The summed E-state index contributed by atoms with van der Waals surface area (Å²) in [5.41, 5.74) is 3.77. The van der Waals surface area contributed by atoms with E-state index in [2.05, 4.69) is 24.0 Å². The SMILES string of the molecule is Cc1ccccc1-c1csc(N2CCN(S(=O)(=O)c3cc(F)ccc3C)CC2)n1. The summed E-state index contributed by atoms with van der Waals surface area (Å²) in [7, 11) is -3.71. The molecule has 0 N–H and O–H groups in total. The second kappa shape index (κ2) is 7.85. The maximum absolute atomic E-state index is 13.6. The van der Waals surface area contributed by atoms with Gasteiger partial charge >= 0.3 is 0 Å². The lowest BCUT2D eigenvalue weighted by Crippen LogP contribution is -2.48. The lowest BCUT2D eigenvalue weighted by Gasteiger charge is -2.34. The number of halogens is 1. The summed E-state index contributed by atoms with van der Waals surface area (Å²) < 4.78 is 40.9. The number of anilines is 1. The number of aromatic nitrogens is 1. The van der Waals surface area contributed by atoms with Crippen molar-refractivity contribution < 1.29 is 12.8 Å². The Labute approximate surface area is 174 Å². The zero-order valence-corrected chi connectivity index (χ0v) is 17.9. The van der Waals surface area contributed by atoms with Crippen LogP contribution in [-0.4, -0.2) is 43.9 Å². The number of benzene rings is 2. The van der Waals surface area contributed by atoms with Crippen LogP contribution in [0.15, 0.2) is 52.7 Å². The van der Waals surface area contributed by atoms with Crippen molar-refractivity contribution in [2.45, 2.75) is 18.7 Å². The summed E-state index contributed by atoms with van der Waals surface area (Å²) in [6.45, 7) is 5.54. The summed E-state index contributed by atoms with van der Waals surface area (Å²) in [6.07, 6.45) is 0. The van der Waals surface area contributed by atoms with Gasteiger partial charge in [0.2, 0.25) is 10.0 Å². The third kappa shape index (κ3) is 3.92. The molecule has 152 valence electrons.